The number of hydrogen-bond acceptors (Lipinski definition) is 3. The number of carbonyl (C=O) groups excluding carboxylic acids is 1. The Hall–Kier alpha value is -3.99. The van der Waals surface area contributed by atoms with Crippen LogP contribution in [0.4, 0.5) is 0 Å². The van der Waals surface area contributed by atoms with Crippen molar-refractivity contribution in [2.75, 3.05) is 6.61 Å². The van der Waals surface area contributed by atoms with Crippen LogP contribution in [0.3, 0.4) is 0 Å². The number of allylic oxidation sites excluding steroid dienone is 25. The predicted molar refractivity (Wildman–Crippen MR) is 298 cm³/mol. The molecule has 0 radical (unpaired) electrons. The number of unbranched alkanes of at least 4 members (excludes halogenated alkanes) is 16. The molecule has 0 aliphatic heterocycles. The highest BCUT2D eigenvalue weighted by Gasteiger charge is 2.17. The summed E-state index contributed by atoms with van der Waals surface area (Å²) in [4.78, 5) is 12.4. The molecule has 0 aromatic carbocycles. The van der Waals surface area contributed by atoms with Gasteiger partial charge in [-0.1, -0.05) is 242 Å². The van der Waals surface area contributed by atoms with E-state index in [1.54, 1.807) is 6.08 Å². The molecule has 4 heteroatoms. The van der Waals surface area contributed by atoms with Crippen LogP contribution in [0.5, 0.6) is 0 Å². The third kappa shape index (κ3) is 52.8. The van der Waals surface area contributed by atoms with Crippen molar-refractivity contribution in [2.24, 2.45) is 0 Å². The van der Waals surface area contributed by atoms with Gasteiger partial charge in [0.2, 0.25) is 5.91 Å². The van der Waals surface area contributed by atoms with Crippen molar-refractivity contribution in [2.45, 2.75) is 225 Å². The number of amides is 1. The second-order valence-electron chi connectivity index (χ2n) is 17.5. The van der Waals surface area contributed by atoms with Crippen LogP contribution in [0.2, 0.25) is 0 Å². The summed E-state index contributed by atoms with van der Waals surface area (Å²) in [5, 5.41) is 23.0. The zero-order chi connectivity index (χ0) is 48.5. The lowest BCUT2D eigenvalue weighted by molar-refractivity contribution is -0.123. The predicted octanol–water partition coefficient (Wildman–Crippen LogP) is 18.2. The first kappa shape index (κ1) is 63.0. The minimum absolute atomic E-state index is 0.0943. The Morgan fingerprint density at radius 2 is 0.672 bits per heavy atom. The SMILES string of the molecule is CC/C=C\C/C=C\C/C=C\C/C=C\C/C=C\C/C=C\C/C=C\C/C=C\C/C=C\C/C=C\CCCCCCCCCCC(=O)NC(CO)C(O)/C=C/CC/C=C/CC/C=C/CCCCCCCC. The fraction of sp³-hybridized carbons (Fsp3) is 0.571. The monoisotopic (exact) mass is 920 g/mol. The molecule has 4 nitrogen and oxygen atoms in total. The van der Waals surface area contributed by atoms with E-state index in [0.717, 1.165) is 116 Å². The lowest BCUT2D eigenvalue weighted by atomic mass is 10.1. The van der Waals surface area contributed by atoms with Crippen LogP contribution in [-0.4, -0.2) is 34.9 Å². The van der Waals surface area contributed by atoms with Crippen molar-refractivity contribution in [3.05, 3.63) is 158 Å². The first-order valence-corrected chi connectivity index (χ1v) is 27.2. The van der Waals surface area contributed by atoms with Gasteiger partial charge < -0.3 is 15.5 Å². The van der Waals surface area contributed by atoms with Gasteiger partial charge in [-0.25, -0.2) is 0 Å². The van der Waals surface area contributed by atoms with Gasteiger partial charge in [0.25, 0.3) is 0 Å². The Morgan fingerprint density at radius 3 is 1.04 bits per heavy atom. The second kappa shape index (κ2) is 56.3. The quantitative estimate of drug-likeness (QED) is 0.0421. The van der Waals surface area contributed by atoms with E-state index >= 15 is 0 Å². The number of aliphatic hydroxyl groups excluding tert-OH is 2. The Balaban J connectivity index is 3.69. The van der Waals surface area contributed by atoms with Gasteiger partial charge in [0, 0.05) is 6.42 Å². The summed E-state index contributed by atoms with van der Waals surface area (Å²) in [5.41, 5.74) is 0. The number of aliphatic hydroxyl groups is 2. The van der Waals surface area contributed by atoms with Crippen molar-refractivity contribution < 1.29 is 15.0 Å². The number of carbonyl (C=O) groups is 1. The van der Waals surface area contributed by atoms with E-state index in [4.69, 9.17) is 0 Å². The molecule has 0 aromatic heterocycles. The van der Waals surface area contributed by atoms with Crippen molar-refractivity contribution >= 4 is 5.91 Å². The van der Waals surface area contributed by atoms with Crippen molar-refractivity contribution in [3.63, 3.8) is 0 Å². The molecule has 0 heterocycles. The van der Waals surface area contributed by atoms with Gasteiger partial charge in [0.05, 0.1) is 18.8 Å². The van der Waals surface area contributed by atoms with Crippen molar-refractivity contribution in [1.29, 1.82) is 0 Å². The maximum Gasteiger partial charge on any atom is 0.220 e. The largest absolute Gasteiger partial charge is 0.394 e. The van der Waals surface area contributed by atoms with E-state index in [9.17, 15) is 15.0 Å². The highest BCUT2D eigenvalue weighted by Crippen LogP contribution is 2.12. The molecule has 1 amide bonds. The average Bonchev–Trinajstić information content (AvgIpc) is 3.33. The average molecular weight is 921 g/mol. The van der Waals surface area contributed by atoms with Gasteiger partial charge in [-0.15, -0.1) is 0 Å². The fourth-order valence-corrected chi connectivity index (χ4v) is 7.12. The minimum atomic E-state index is -0.884. The number of nitrogens with one attached hydrogen (secondary N) is 1. The lowest BCUT2D eigenvalue weighted by Gasteiger charge is -2.19. The van der Waals surface area contributed by atoms with Crippen LogP contribution >= 0.6 is 0 Å². The highest BCUT2D eigenvalue weighted by atomic mass is 16.3. The maximum absolute atomic E-state index is 12.4. The molecule has 0 aromatic rings. The summed E-state index contributed by atoms with van der Waals surface area (Å²) in [5.74, 6) is -0.0943. The Labute approximate surface area is 414 Å². The summed E-state index contributed by atoms with van der Waals surface area (Å²) >= 11 is 0. The summed E-state index contributed by atoms with van der Waals surface area (Å²) in [6.45, 7) is 4.15. The summed E-state index contributed by atoms with van der Waals surface area (Å²) in [6.07, 6.45) is 91.0. The molecule has 2 atom stereocenters. The molecule has 67 heavy (non-hydrogen) atoms. The topological polar surface area (TPSA) is 69.6 Å². The van der Waals surface area contributed by atoms with Crippen LogP contribution in [0, 0.1) is 0 Å². The molecule has 0 fully saturated rings. The molecule has 0 aliphatic rings. The normalized spacial score (nSPS) is 14.1. The van der Waals surface area contributed by atoms with Crippen LogP contribution in [-0.2, 0) is 4.79 Å². The zero-order valence-corrected chi connectivity index (χ0v) is 43.1. The van der Waals surface area contributed by atoms with E-state index in [0.29, 0.717) is 6.42 Å². The molecule has 0 aliphatic carbocycles. The Bertz CT molecular complexity index is 1460. The van der Waals surface area contributed by atoms with Crippen molar-refractivity contribution in [1.82, 2.24) is 5.32 Å². The summed E-state index contributed by atoms with van der Waals surface area (Å²) < 4.78 is 0. The smallest absolute Gasteiger partial charge is 0.220 e. The number of hydrogen-bond donors (Lipinski definition) is 3. The van der Waals surface area contributed by atoms with E-state index in [-0.39, 0.29) is 12.5 Å². The molecular formula is C63H101NO3. The summed E-state index contributed by atoms with van der Waals surface area (Å²) in [6, 6.07) is -0.661. The highest BCUT2D eigenvalue weighted by molar-refractivity contribution is 5.76. The van der Waals surface area contributed by atoms with Gasteiger partial charge >= 0.3 is 0 Å². The molecule has 3 N–H and O–H groups in total. The van der Waals surface area contributed by atoms with Gasteiger partial charge in [-0.2, -0.15) is 0 Å². The van der Waals surface area contributed by atoms with Crippen LogP contribution in [0.15, 0.2) is 158 Å². The molecule has 0 bridgehead atoms. The first-order chi connectivity index (χ1) is 33.2. The number of rotatable bonds is 47. The molecular weight excluding hydrogens is 819 g/mol. The third-order valence-electron chi connectivity index (χ3n) is 11.2. The maximum atomic E-state index is 12.4. The van der Waals surface area contributed by atoms with E-state index in [1.807, 2.05) is 6.08 Å². The van der Waals surface area contributed by atoms with Gasteiger partial charge in [0.15, 0.2) is 0 Å². The van der Waals surface area contributed by atoms with E-state index in [2.05, 4.69) is 165 Å². The lowest BCUT2D eigenvalue weighted by Crippen LogP contribution is -2.45. The van der Waals surface area contributed by atoms with Crippen molar-refractivity contribution in [3.8, 4) is 0 Å². The molecule has 0 saturated heterocycles. The molecule has 0 saturated carbocycles. The summed E-state index contributed by atoms with van der Waals surface area (Å²) in [7, 11) is 0. The van der Waals surface area contributed by atoms with E-state index in [1.165, 1.54) is 77.0 Å². The molecule has 0 rings (SSSR count). The molecule has 0 spiro atoms. The van der Waals surface area contributed by atoms with E-state index < -0.39 is 12.1 Å². The Morgan fingerprint density at radius 1 is 0.373 bits per heavy atom. The van der Waals surface area contributed by atoms with Crippen LogP contribution < -0.4 is 5.32 Å². The first-order valence-electron chi connectivity index (χ1n) is 27.2. The Kier molecular flexibility index (Phi) is 53.0. The minimum Gasteiger partial charge on any atom is -0.394 e. The van der Waals surface area contributed by atoms with Gasteiger partial charge in [0.1, 0.15) is 0 Å². The molecule has 2 unspecified atom stereocenters. The molecule has 376 valence electrons. The van der Waals surface area contributed by atoms with Crippen LogP contribution in [0.1, 0.15) is 213 Å². The zero-order valence-electron chi connectivity index (χ0n) is 43.1. The fourth-order valence-electron chi connectivity index (χ4n) is 7.12. The van der Waals surface area contributed by atoms with Gasteiger partial charge in [-0.3, -0.25) is 4.79 Å². The van der Waals surface area contributed by atoms with Crippen LogP contribution in [0.25, 0.3) is 0 Å². The van der Waals surface area contributed by atoms with Gasteiger partial charge in [-0.05, 0) is 122 Å². The standard InChI is InChI=1S/C63H101NO3/c1-3-5-7-9-11-13-15-17-19-21-22-23-24-25-26-27-28-29-30-31-32-33-34-35-36-37-38-39-40-41-42-43-45-47-49-51-53-55-57-59-63(67)64-61(60-65)62(66)58-56-54-52-50-48-46-44-20-18-16-14-12-10-8-6-4-2/h5,7,11,13,17-20,22-23,25-26,28-29,31-32,34-35,37-38,40-41,48,50,56,58,61-62,65-66H,3-4,6,8-10,12,14-16,21,24,27,30,33,36,39,42-47,49,51-55,57,59-60H2,1-2H3,(H,64,67)/b7-5-,13-11-,19-17-,20-18+,23-22-,26-25-,29-28-,32-31-,35-34-,38-37-,41-40-,50-48+,58-56+. The second-order valence-corrected chi connectivity index (χ2v) is 17.5. The third-order valence-corrected chi connectivity index (χ3v) is 11.2.